The van der Waals surface area contributed by atoms with E-state index in [0.717, 1.165) is 42.4 Å². The number of aromatic nitrogens is 1. The Kier molecular flexibility index (Phi) is 7.34. The van der Waals surface area contributed by atoms with Crippen molar-refractivity contribution in [1.29, 1.82) is 0 Å². The third-order valence-electron chi connectivity index (χ3n) is 6.03. The molecule has 1 atom stereocenters. The van der Waals surface area contributed by atoms with E-state index in [2.05, 4.69) is 70.7 Å². The van der Waals surface area contributed by atoms with Gasteiger partial charge in [-0.2, -0.15) is 0 Å². The molecule has 1 aliphatic heterocycles. The number of benzene rings is 1. The Balaban J connectivity index is 2.05. The fourth-order valence-electron chi connectivity index (χ4n) is 4.57. The van der Waals surface area contributed by atoms with Gasteiger partial charge in [0.2, 0.25) is 0 Å². The number of likely N-dealkylation sites (tertiary alicyclic amines) is 1. The lowest BCUT2D eigenvalue weighted by Gasteiger charge is -2.32. The zero-order chi connectivity index (χ0) is 21.0. The fourth-order valence-corrected chi connectivity index (χ4v) is 4.57. The van der Waals surface area contributed by atoms with Gasteiger partial charge in [0.05, 0.1) is 11.8 Å². The number of rotatable bonds is 7. The van der Waals surface area contributed by atoms with Crippen molar-refractivity contribution >= 4 is 0 Å². The molecule has 1 aromatic heterocycles. The summed E-state index contributed by atoms with van der Waals surface area (Å²) in [6, 6.07) is 8.84. The highest BCUT2D eigenvalue weighted by Gasteiger charge is 2.21. The van der Waals surface area contributed by atoms with E-state index in [9.17, 15) is 0 Å². The Bertz CT molecular complexity index is 805. The molecule has 0 saturated carbocycles. The summed E-state index contributed by atoms with van der Waals surface area (Å²) in [4.78, 5) is 7.68. The standard InChI is InChI=1S/C26H38N2O/c1-7-21-12-9-13-22(8-2)26(21)24-15-25(29-18(3)4)23(20(6)27-24)17-28-14-10-11-19(5)16-28/h9,12-13,15,18-19H,7-8,10-11,14,16-17H2,1-6H3. The van der Waals surface area contributed by atoms with Crippen LogP contribution in [0.4, 0.5) is 0 Å². The first-order valence-electron chi connectivity index (χ1n) is 11.4. The molecule has 0 spiro atoms. The summed E-state index contributed by atoms with van der Waals surface area (Å²) >= 11 is 0. The van der Waals surface area contributed by atoms with Crippen LogP contribution in [0.5, 0.6) is 5.75 Å². The van der Waals surface area contributed by atoms with E-state index in [1.54, 1.807) is 0 Å². The summed E-state index contributed by atoms with van der Waals surface area (Å²) in [6.07, 6.45) is 4.80. The molecule has 2 aromatic rings. The van der Waals surface area contributed by atoms with Crippen LogP contribution >= 0.6 is 0 Å². The lowest BCUT2D eigenvalue weighted by Crippen LogP contribution is -2.34. The number of hydrogen-bond acceptors (Lipinski definition) is 3. The molecular weight excluding hydrogens is 356 g/mol. The summed E-state index contributed by atoms with van der Waals surface area (Å²) in [5.41, 5.74) is 7.44. The maximum absolute atomic E-state index is 6.34. The van der Waals surface area contributed by atoms with Gasteiger partial charge in [-0.3, -0.25) is 9.88 Å². The molecule has 3 heteroatoms. The first-order chi connectivity index (χ1) is 13.9. The average Bonchev–Trinajstić information content (AvgIpc) is 2.69. The van der Waals surface area contributed by atoms with Crippen LogP contribution in [-0.2, 0) is 19.4 Å². The normalized spacial score (nSPS) is 17.7. The summed E-state index contributed by atoms with van der Waals surface area (Å²) in [6.45, 7) is 16.5. The molecule has 0 bridgehead atoms. The van der Waals surface area contributed by atoms with Crippen molar-refractivity contribution in [3.63, 3.8) is 0 Å². The van der Waals surface area contributed by atoms with E-state index in [1.165, 1.54) is 48.2 Å². The van der Waals surface area contributed by atoms with Crippen molar-refractivity contribution in [1.82, 2.24) is 9.88 Å². The van der Waals surface area contributed by atoms with Crippen molar-refractivity contribution in [2.45, 2.75) is 79.9 Å². The topological polar surface area (TPSA) is 25.4 Å². The minimum absolute atomic E-state index is 0.149. The van der Waals surface area contributed by atoms with E-state index in [4.69, 9.17) is 9.72 Å². The van der Waals surface area contributed by atoms with Gasteiger partial charge in [-0.05, 0) is 70.0 Å². The zero-order valence-electron chi connectivity index (χ0n) is 19.2. The number of nitrogens with zero attached hydrogens (tertiary/aromatic N) is 2. The second-order valence-corrected chi connectivity index (χ2v) is 8.88. The summed E-state index contributed by atoms with van der Waals surface area (Å²) in [7, 11) is 0. The van der Waals surface area contributed by atoms with Gasteiger partial charge in [0.15, 0.2) is 0 Å². The van der Waals surface area contributed by atoms with Crippen molar-refractivity contribution < 1.29 is 4.74 Å². The highest BCUT2D eigenvalue weighted by Crippen LogP contribution is 2.34. The Morgan fingerprint density at radius 1 is 1.17 bits per heavy atom. The molecule has 0 N–H and O–H groups in total. The maximum Gasteiger partial charge on any atom is 0.128 e. The second kappa shape index (κ2) is 9.75. The zero-order valence-corrected chi connectivity index (χ0v) is 19.2. The van der Waals surface area contributed by atoms with Gasteiger partial charge in [-0.15, -0.1) is 0 Å². The first kappa shape index (κ1) is 21.8. The van der Waals surface area contributed by atoms with Gasteiger partial charge in [-0.1, -0.05) is 39.0 Å². The third-order valence-corrected chi connectivity index (χ3v) is 6.03. The van der Waals surface area contributed by atoms with E-state index >= 15 is 0 Å². The van der Waals surface area contributed by atoms with Crippen LogP contribution < -0.4 is 4.74 Å². The predicted molar refractivity (Wildman–Crippen MR) is 123 cm³/mol. The van der Waals surface area contributed by atoms with Crippen LogP contribution in [0.3, 0.4) is 0 Å². The number of piperidine rings is 1. The summed E-state index contributed by atoms with van der Waals surface area (Å²) in [5, 5.41) is 0. The molecule has 1 saturated heterocycles. The van der Waals surface area contributed by atoms with Crippen LogP contribution in [0.2, 0.25) is 0 Å². The van der Waals surface area contributed by atoms with Gasteiger partial charge in [0.1, 0.15) is 5.75 Å². The molecular formula is C26H38N2O. The lowest BCUT2D eigenvalue weighted by atomic mass is 9.94. The molecule has 0 radical (unpaired) electrons. The van der Waals surface area contributed by atoms with Crippen molar-refractivity contribution in [3.8, 4) is 17.0 Å². The Morgan fingerprint density at radius 2 is 1.86 bits per heavy atom. The van der Waals surface area contributed by atoms with Gasteiger partial charge >= 0.3 is 0 Å². The molecule has 3 rings (SSSR count). The molecule has 1 aliphatic rings. The van der Waals surface area contributed by atoms with E-state index in [0.29, 0.717) is 0 Å². The lowest BCUT2D eigenvalue weighted by molar-refractivity contribution is 0.171. The minimum atomic E-state index is 0.149. The van der Waals surface area contributed by atoms with E-state index in [1.807, 2.05) is 0 Å². The van der Waals surface area contributed by atoms with E-state index in [-0.39, 0.29) is 6.10 Å². The number of pyridine rings is 1. The largest absolute Gasteiger partial charge is 0.491 e. The maximum atomic E-state index is 6.34. The van der Waals surface area contributed by atoms with Gasteiger partial charge < -0.3 is 4.74 Å². The van der Waals surface area contributed by atoms with Crippen LogP contribution in [-0.4, -0.2) is 29.1 Å². The van der Waals surface area contributed by atoms with Gasteiger partial charge in [-0.25, -0.2) is 0 Å². The third kappa shape index (κ3) is 5.19. The Hall–Kier alpha value is -1.87. The number of ether oxygens (including phenoxy) is 1. The van der Waals surface area contributed by atoms with E-state index < -0.39 is 0 Å². The monoisotopic (exact) mass is 394 g/mol. The van der Waals surface area contributed by atoms with Crippen molar-refractivity contribution in [2.75, 3.05) is 13.1 Å². The highest BCUT2D eigenvalue weighted by atomic mass is 16.5. The molecule has 3 nitrogen and oxygen atoms in total. The molecule has 0 amide bonds. The predicted octanol–water partition coefficient (Wildman–Crippen LogP) is 6.20. The number of aryl methyl sites for hydroxylation is 3. The molecule has 1 fully saturated rings. The summed E-state index contributed by atoms with van der Waals surface area (Å²) in [5.74, 6) is 1.78. The second-order valence-electron chi connectivity index (χ2n) is 8.88. The Morgan fingerprint density at radius 3 is 2.45 bits per heavy atom. The van der Waals surface area contributed by atoms with Crippen LogP contribution in [0.25, 0.3) is 11.3 Å². The smallest absolute Gasteiger partial charge is 0.128 e. The Labute approximate surface area is 177 Å². The van der Waals surface area contributed by atoms with Gasteiger partial charge in [0, 0.05) is 36.0 Å². The molecule has 1 unspecified atom stereocenters. The quantitative estimate of drug-likeness (QED) is 0.559. The average molecular weight is 395 g/mol. The van der Waals surface area contributed by atoms with Gasteiger partial charge in [0.25, 0.3) is 0 Å². The van der Waals surface area contributed by atoms with Crippen molar-refractivity contribution in [3.05, 3.63) is 46.6 Å². The molecule has 2 heterocycles. The minimum Gasteiger partial charge on any atom is -0.491 e. The molecule has 1 aromatic carbocycles. The molecule has 158 valence electrons. The fraction of sp³-hybridized carbons (Fsp3) is 0.577. The van der Waals surface area contributed by atoms with Crippen LogP contribution in [0.15, 0.2) is 24.3 Å². The molecule has 0 aliphatic carbocycles. The number of hydrogen-bond donors (Lipinski definition) is 0. The SMILES string of the molecule is CCc1cccc(CC)c1-c1cc(OC(C)C)c(CN2CCCC(C)C2)c(C)n1. The first-order valence-corrected chi connectivity index (χ1v) is 11.4. The molecule has 29 heavy (non-hydrogen) atoms. The van der Waals surface area contributed by atoms with Crippen LogP contribution in [0.1, 0.15) is 69.8 Å². The highest BCUT2D eigenvalue weighted by molar-refractivity contribution is 5.70. The van der Waals surface area contributed by atoms with Crippen LogP contribution in [0, 0.1) is 12.8 Å². The summed E-state index contributed by atoms with van der Waals surface area (Å²) < 4.78 is 6.34. The van der Waals surface area contributed by atoms with Crippen molar-refractivity contribution in [2.24, 2.45) is 5.92 Å².